The molecule has 0 aliphatic rings. The van der Waals surface area contributed by atoms with Gasteiger partial charge in [-0.15, -0.1) is 11.3 Å². The van der Waals surface area contributed by atoms with Crippen molar-refractivity contribution < 1.29 is 0 Å². The molecule has 1 atom stereocenters. The lowest BCUT2D eigenvalue weighted by Gasteiger charge is -2.12. The molecule has 2 aromatic rings. The van der Waals surface area contributed by atoms with Crippen LogP contribution < -0.4 is 5.32 Å². The van der Waals surface area contributed by atoms with Crippen LogP contribution in [0.1, 0.15) is 24.2 Å². The Balaban J connectivity index is 1.90. The molecular weight excluding hydrogens is 206 g/mol. The van der Waals surface area contributed by atoms with Crippen molar-refractivity contribution in [3.63, 3.8) is 0 Å². The van der Waals surface area contributed by atoms with E-state index in [0.717, 1.165) is 12.2 Å². The van der Waals surface area contributed by atoms with Crippen LogP contribution >= 0.6 is 11.3 Å². The molecule has 0 spiro atoms. The minimum absolute atomic E-state index is 0.328. The second-order valence-electron chi connectivity index (χ2n) is 3.36. The molecule has 2 rings (SSSR count). The third-order valence-electron chi connectivity index (χ3n) is 2.28. The summed E-state index contributed by atoms with van der Waals surface area (Å²) in [4.78, 5) is 8.22. The maximum Gasteiger partial charge on any atom is 0.0795 e. The number of thiazole rings is 1. The highest BCUT2D eigenvalue weighted by atomic mass is 32.1. The molecule has 0 bridgehead atoms. The zero-order chi connectivity index (χ0) is 10.5. The normalized spacial score (nSPS) is 12.6. The lowest BCUT2D eigenvalue weighted by atomic mass is 10.1. The van der Waals surface area contributed by atoms with Gasteiger partial charge >= 0.3 is 0 Å². The Morgan fingerprint density at radius 1 is 1.40 bits per heavy atom. The van der Waals surface area contributed by atoms with Crippen LogP contribution in [0, 0.1) is 0 Å². The van der Waals surface area contributed by atoms with Crippen LogP contribution in [0.3, 0.4) is 0 Å². The summed E-state index contributed by atoms with van der Waals surface area (Å²) < 4.78 is 0. The summed E-state index contributed by atoms with van der Waals surface area (Å²) in [6, 6.07) is 4.38. The SMILES string of the molecule is C[C@@H](NCc1cscn1)c1ccncc1. The standard InChI is InChI=1S/C11H13N3S/c1-9(10-2-4-12-5-3-10)13-6-11-7-15-8-14-11/h2-5,7-9,13H,6H2,1H3/t9-/m1/s1. The van der Waals surface area contributed by atoms with Gasteiger partial charge in [0.2, 0.25) is 0 Å². The Bertz CT molecular complexity index is 385. The van der Waals surface area contributed by atoms with E-state index in [1.165, 1.54) is 5.56 Å². The molecule has 0 aliphatic heterocycles. The first-order valence-corrected chi connectivity index (χ1v) is 5.81. The average molecular weight is 219 g/mol. The van der Waals surface area contributed by atoms with Gasteiger partial charge in [0.1, 0.15) is 0 Å². The zero-order valence-electron chi connectivity index (χ0n) is 8.55. The van der Waals surface area contributed by atoms with Crippen LogP contribution in [-0.2, 0) is 6.54 Å². The fourth-order valence-electron chi connectivity index (χ4n) is 1.35. The van der Waals surface area contributed by atoms with Crippen molar-refractivity contribution in [1.82, 2.24) is 15.3 Å². The highest BCUT2D eigenvalue weighted by Gasteiger charge is 2.04. The molecule has 15 heavy (non-hydrogen) atoms. The van der Waals surface area contributed by atoms with Crippen LogP contribution in [-0.4, -0.2) is 9.97 Å². The van der Waals surface area contributed by atoms with Gasteiger partial charge in [0.05, 0.1) is 11.2 Å². The molecule has 2 aromatic heterocycles. The maximum absolute atomic E-state index is 4.23. The number of hydrogen-bond donors (Lipinski definition) is 1. The van der Waals surface area contributed by atoms with Crippen molar-refractivity contribution in [1.29, 1.82) is 0 Å². The lowest BCUT2D eigenvalue weighted by molar-refractivity contribution is 0.568. The fourth-order valence-corrected chi connectivity index (χ4v) is 1.91. The van der Waals surface area contributed by atoms with Gasteiger partial charge in [-0.25, -0.2) is 4.98 Å². The van der Waals surface area contributed by atoms with Crippen molar-refractivity contribution in [2.75, 3.05) is 0 Å². The Hall–Kier alpha value is -1.26. The van der Waals surface area contributed by atoms with Gasteiger partial charge in [-0.1, -0.05) is 0 Å². The first-order valence-electron chi connectivity index (χ1n) is 4.86. The summed E-state index contributed by atoms with van der Waals surface area (Å²) in [6.45, 7) is 2.95. The molecule has 0 aromatic carbocycles. The summed E-state index contributed by atoms with van der Waals surface area (Å²) >= 11 is 1.63. The number of pyridine rings is 1. The Morgan fingerprint density at radius 2 is 2.20 bits per heavy atom. The van der Waals surface area contributed by atoms with E-state index in [9.17, 15) is 0 Å². The third kappa shape index (κ3) is 2.84. The van der Waals surface area contributed by atoms with Gasteiger partial charge in [-0.2, -0.15) is 0 Å². The summed E-state index contributed by atoms with van der Waals surface area (Å²) in [5, 5.41) is 5.48. The van der Waals surface area contributed by atoms with E-state index >= 15 is 0 Å². The molecule has 0 unspecified atom stereocenters. The fraction of sp³-hybridized carbons (Fsp3) is 0.273. The van der Waals surface area contributed by atoms with E-state index in [0.29, 0.717) is 6.04 Å². The average Bonchev–Trinajstić information content (AvgIpc) is 2.80. The first-order chi connectivity index (χ1) is 7.36. The molecule has 3 nitrogen and oxygen atoms in total. The predicted octanol–water partition coefficient (Wildman–Crippen LogP) is 2.39. The summed E-state index contributed by atoms with van der Waals surface area (Å²) in [7, 11) is 0. The van der Waals surface area contributed by atoms with Gasteiger partial charge in [-0.05, 0) is 24.6 Å². The van der Waals surface area contributed by atoms with Gasteiger partial charge in [0.15, 0.2) is 0 Å². The number of nitrogens with one attached hydrogen (secondary N) is 1. The summed E-state index contributed by atoms with van der Waals surface area (Å²) in [5.74, 6) is 0. The van der Waals surface area contributed by atoms with Gasteiger partial charge in [0.25, 0.3) is 0 Å². The van der Waals surface area contributed by atoms with E-state index in [-0.39, 0.29) is 0 Å². The van der Waals surface area contributed by atoms with Crippen molar-refractivity contribution in [2.45, 2.75) is 19.5 Å². The molecule has 1 N–H and O–H groups in total. The van der Waals surface area contributed by atoms with E-state index in [1.807, 2.05) is 30.0 Å². The van der Waals surface area contributed by atoms with Crippen molar-refractivity contribution in [3.8, 4) is 0 Å². The highest BCUT2D eigenvalue weighted by Crippen LogP contribution is 2.11. The third-order valence-corrected chi connectivity index (χ3v) is 2.91. The van der Waals surface area contributed by atoms with Gasteiger partial charge < -0.3 is 5.32 Å². The molecule has 0 fully saturated rings. The first kappa shape index (κ1) is 10.3. The largest absolute Gasteiger partial charge is 0.305 e. The van der Waals surface area contributed by atoms with Gasteiger partial charge in [0, 0.05) is 30.4 Å². The number of aromatic nitrogens is 2. The lowest BCUT2D eigenvalue weighted by Crippen LogP contribution is -2.18. The van der Waals surface area contributed by atoms with Gasteiger partial charge in [-0.3, -0.25) is 4.98 Å². The highest BCUT2D eigenvalue weighted by molar-refractivity contribution is 7.07. The van der Waals surface area contributed by atoms with Crippen molar-refractivity contribution in [2.24, 2.45) is 0 Å². The van der Waals surface area contributed by atoms with Crippen molar-refractivity contribution >= 4 is 11.3 Å². The number of hydrogen-bond acceptors (Lipinski definition) is 4. The molecule has 4 heteroatoms. The zero-order valence-corrected chi connectivity index (χ0v) is 9.37. The van der Waals surface area contributed by atoms with E-state index in [4.69, 9.17) is 0 Å². The van der Waals surface area contributed by atoms with E-state index in [1.54, 1.807) is 11.3 Å². The second kappa shape index (κ2) is 5.00. The Kier molecular flexibility index (Phi) is 3.42. The van der Waals surface area contributed by atoms with Crippen LogP contribution in [0.5, 0.6) is 0 Å². The molecule has 0 radical (unpaired) electrons. The monoisotopic (exact) mass is 219 g/mol. The quantitative estimate of drug-likeness (QED) is 0.858. The van der Waals surface area contributed by atoms with Crippen LogP contribution in [0.2, 0.25) is 0 Å². The predicted molar refractivity (Wildman–Crippen MR) is 61.6 cm³/mol. The molecule has 0 aliphatic carbocycles. The molecule has 0 amide bonds. The number of nitrogens with zero attached hydrogens (tertiary/aromatic N) is 2. The van der Waals surface area contributed by atoms with E-state index in [2.05, 4.69) is 27.6 Å². The topological polar surface area (TPSA) is 37.8 Å². The number of rotatable bonds is 4. The molecular formula is C11H13N3S. The maximum atomic E-state index is 4.23. The molecule has 0 saturated heterocycles. The molecule has 78 valence electrons. The van der Waals surface area contributed by atoms with Crippen molar-refractivity contribution in [3.05, 3.63) is 46.7 Å². The Morgan fingerprint density at radius 3 is 2.87 bits per heavy atom. The van der Waals surface area contributed by atoms with Crippen LogP contribution in [0.25, 0.3) is 0 Å². The minimum atomic E-state index is 0.328. The molecule has 0 saturated carbocycles. The minimum Gasteiger partial charge on any atom is -0.305 e. The Labute approximate surface area is 93.2 Å². The van der Waals surface area contributed by atoms with Crippen LogP contribution in [0.15, 0.2) is 35.4 Å². The molecule has 2 heterocycles. The summed E-state index contributed by atoms with van der Waals surface area (Å²) in [5.41, 5.74) is 4.20. The van der Waals surface area contributed by atoms with Crippen LogP contribution in [0.4, 0.5) is 0 Å². The second-order valence-corrected chi connectivity index (χ2v) is 4.08. The van der Waals surface area contributed by atoms with E-state index < -0.39 is 0 Å². The smallest absolute Gasteiger partial charge is 0.0795 e. The summed E-state index contributed by atoms with van der Waals surface area (Å²) in [6.07, 6.45) is 3.63.